The third-order valence-corrected chi connectivity index (χ3v) is 5.85. The van der Waals surface area contributed by atoms with E-state index in [1.165, 1.54) is 13.8 Å². The molecule has 37 heavy (non-hydrogen) atoms. The third kappa shape index (κ3) is 7.35. The molecule has 0 saturated heterocycles. The van der Waals surface area contributed by atoms with Crippen LogP contribution < -0.4 is 5.32 Å². The number of amides is 1. The highest BCUT2D eigenvalue weighted by molar-refractivity contribution is 5.85. The van der Waals surface area contributed by atoms with Gasteiger partial charge >= 0.3 is 12.1 Å². The normalized spacial score (nSPS) is 18.5. The monoisotopic (exact) mass is 518 g/mol. The van der Waals surface area contributed by atoms with Crippen molar-refractivity contribution in [1.82, 2.24) is 4.90 Å². The summed E-state index contributed by atoms with van der Waals surface area (Å²) in [5.41, 5.74) is -0.709. The number of hydrogen-bond acceptors (Lipinski definition) is 4. The molecule has 0 bridgehead atoms. The van der Waals surface area contributed by atoms with Crippen molar-refractivity contribution in [2.45, 2.75) is 71.3 Å². The second-order valence-corrected chi connectivity index (χ2v) is 11.0. The molecule has 0 fully saturated rings. The average Bonchev–Trinajstić information content (AvgIpc) is 2.71. The lowest BCUT2D eigenvalue weighted by Gasteiger charge is -2.44. The van der Waals surface area contributed by atoms with Crippen molar-refractivity contribution in [2.75, 3.05) is 11.9 Å². The molecule has 2 aromatic carbocycles. The number of nitrogens with one attached hydrogen (secondary N) is 1. The highest BCUT2D eigenvalue weighted by atomic mass is 19.1. The first-order chi connectivity index (χ1) is 17.0. The van der Waals surface area contributed by atoms with Crippen LogP contribution in [0.4, 0.5) is 23.7 Å². The van der Waals surface area contributed by atoms with Crippen molar-refractivity contribution >= 4 is 23.8 Å². The van der Waals surface area contributed by atoms with E-state index in [0.29, 0.717) is 17.7 Å². The van der Waals surface area contributed by atoms with Crippen LogP contribution in [0.25, 0.3) is 6.08 Å². The molecule has 2 atom stereocenters. The minimum absolute atomic E-state index is 0.0551. The van der Waals surface area contributed by atoms with Crippen LogP contribution in [-0.2, 0) is 16.0 Å². The Kier molecular flexibility index (Phi) is 8.07. The molecule has 0 radical (unpaired) electrons. The molecule has 1 aliphatic heterocycles. The summed E-state index contributed by atoms with van der Waals surface area (Å²) in [5, 5.41) is 11.5. The van der Waals surface area contributed by atoms with Gasteiger partial charge in [-0.3, -0.25) is 10.2 Å². The number of ether oxygens (including phenoxy) is 1. The highest BCUT2D eigenvalue weighted by Gasteiger charge is 2.39. The molecule has 1 heterocycles. The van der Waals surface area contributed by atoms with Gasteiger partial charge < -0.3 is 9.84 Å². The molecule has 200 valence electrons. The van der Waals surface area contributed by atoms with Crippen molar-refractivity contribution in [3.63, 3.8) is 0 Å². The summed E-state index contributed by atoms with van der Waals surface area (Å²) in [6, 6.07) is 5.93. The van der Waals surface area contributed by atoms with E-state index in [1.54, 1.807) is 43.9 Å². The lowest BCUT2D eigenvalue weighted by Crippen LogP contribution is -2.48. The molecule has 1 aliphatic rings. The van der Waals surface area contributed by atoms with Crippen LogP contribution in [-0.4, -0.2) is 45.9 Å². The Labute approximate surface area is 215 Å². The fourth-order valence-corrected chi connectivity index (χ4v) is 4.55. The van der Waals surface area contributed by atoms with Crippen LogP contribution in [0.2, 0.25) is 0 Å². The number of halogens is 3. The number of rotatable bonds is 6. The number of carboxylic acids is 1. The molecule has 0 saturated carbocycles. The van der Waals surface area contributed by atoms with Gasteiger partial charge in [-0.05, 0) is 95.0 Å². The van der Waals surface area contributed by atoms with Crippen molar-refractivity contribution in [3.05, 3.63) is 70.3 Å². The summed E-state index contributed by atoms with van der Waals surface area (Å²) < 4.78 is 51.0. The van der Waals surface area contributed by atoms with Gasteiger partial charge in [-0.1, -0.05) is 6.07 Å². The molecular weight excluding hydrogens is 485 g/mol. The Morgan fingerprint density at radius 2 is 1.76 bits per heavy atom. The number of carbonyl (C=O) groups is 2. The summed E-state index contributed by atoms with van der Waals surface area (Å²) >= 11 is 0. The van der Waals surface area contributed by atoms with Gasteiger partial charge in [0.25, 0.3) is 0 Å². The first-order valence-corrected chi connectivity index (χ1v) is 12.0. The second kappa shape index (κ2) is 10.6. The Bertz CT molecular complexity index is 1190. The van der Waals surface area contributed by atoms with Gasteiger partial charge in [0.1, 0.15) is 22.9 Å². The maximum absolute atomic E-state index is 15.4. The molecule has 9 heteroatoms. The second-order valence-electron chi connectivity index (χ2n) is 11.0. The zero-order valence-corrected chi connectivity index (χ0v) is 21.9. The standard InChI is InChI=1S/C28H33F3N2O4/c1-16-11-18-14-19(32-26(36)37-27(2,3)4)8-9-20(18)25(33(16)15-28(5,6)31)24-21(29)12-17(13-22(24)30)7-10-23(34)35/h7-10,12-14,16,25H,11,15H2,1-6H3,(H,32,36)(H,34,35)/b10-7+/t16-,25+/m1/s1. The number of benzene rings is 2. The summed E-state index contributed by atoms with van der Waals surface area (Å²) in [6.45, 7) is 9.85. The molecule has 2 N–H and O–H groups in total. The van der Waals surface area contributed by atoms with Crippen molar-refractivity contribution in [1.29, 1.82) is 0 Å². The Hall–Kier alpha value is -3.33. The minimum atomic E-state index is -1.64. The van der Waals surface area contributed by atoms with Gasteiger partial charge in [-0.25, -0.2) is 22.8 Å². The van der Waals surface area contributed by atoms with E-state index in [2.05, 4.69) is 5.32 Å². The van der Waals surface area contributed by atoms with E-state index in [0.717, 1.165) is 29.8 Å². The summed E-state index contributed by atoms with van der Waals surface area (Å²) in [7, 11) is 0. The molecule has 0 unspecified atom stereocenters. The van der Waals surface area contributed by atoms with Crippen LogP contribution in [0.1, 0.15) is 69.8 Å². The van der Waals surface area contributed by atoms with Gasteiger partial charge in [0, 0.05) is 29.9 Å². The smallest absolute Gasteiger partial charge is 0.412 e. The number of hydrogen-bond donors (Lipinski definition) is 2. The predicted molar refractivity (Wildman–Crippen MR) is 136 cm³/mol. The van der Waals surface area contributed by atoms with Crippen molar-refractivity contribution in [3.8, 4) is 0 Å². The number of alkyl halides is 1. The maximum atomic E-state index is 15.4. The topological polar surface area (TPSA) is 78.9 Å². The minimum Gasteiger partial charge on any atom is -0.478 e. The molecule has 2 aromatic rings. The number of carbonyl (C=O) groups excluding carboxylic acids is 1. The molecule has 0 aliphatic carbocycles. The fraction of sp³-hybridized carbons (Fsp3) is 0.429. The van der Waals surface area contributed by atoms with E-state index >= 15 is 8.78 Å². The number of anilines is 1. The van der Waals surface area contributed by atoms with Crippen LogP contribution in [0, 0.1) is 11.6 Å². The van der Waals surface area contributed by atoms with Crippen LogP contribution >= 0.6 is 0 Å². The summed E-state index contributed by atoms with van der Waals surface area (Å²) in [4.78, 5) is 24.8. The first-order valence-electron chi connectivity index (χ1n) is 12.0. The van der Waals surface area contributed by atoms with Crippen molar-refractivity contribution < 1.29 is 32.6 Å². The average molecular weight is 519 g/mol. The maximum Gasteiger partial charge on any atom is 0.412 e. The lowest BCUT2D eigenvalue weighted by atomic mass is 9.83. The quantitative estimate of drug-likeness (QED) is 0.427. The Morgan fingerprint density at radius 3 is 2.30 bits per heavy atom. The van der Waals surface area contributed by atoms with Crippen molar-refractivity contribution in [2.24, 2.45) is 0 Å². The van der Waals surface area contributed by atoms with Gasteiger partial charge in [0.2, 0.25) is 0 Å². The largest absolute Gasteiger partial charge is 0.478 e. The zero-order chi connectivity index (χ0) is 27.7. The number of aliphatic carboxylic acids is 1. The number of carboxylic acid groups (broad SMARTS) is 1. The van der Waals surface area contributed by atoms with Crippen LogP contribution in [0.15, 0.2) is 36.4 Å². The molecule has 0 aromatic heterocycles. The van der Waals surface area contributed by atoms with Crippen LogP contribution in [0.5, 0.6) is 0 Å². The van der Waals surface area contributed by atoms with Gasteiger partial charge in [0.05, 0.1) is 6.04 Å². The highest BCUT2D eigenvalue weighted by Crippen LogP contribution is 2.42. The molecule has 3 rings (SSSR count). The summed E-state index contributed by atoms with van der Waals surface area (Å²) in [5.74, 6) is -2.98. The van der Waals surface area contributed by atoms with Gasteiger partial charge in [0.15, 0.2) is 0 Å². The Balaban J connectivity index is 2.09. The third-order valence-electron chi connectivity index (χ3n) is 5.85. The fourth-order valence-electron chi connectivity index (χ4n) is 4.55. The van der Waals surface area contributed by atoms with E-state index in [9.17, 15) is 14.0 Å². The van der Waals surface area contributed by atoms with Gasteiger partial charge in [-0.2, -0.15) is 0 Å². The predicted octanol–water partition coefficient (Wildman–Crippen LogP) is 6.49. The first kappa shape index (κ1) is 28.2. The van der Waals surface area contributed by atoms with Crippen LogP contribution in [0.3, 0.4) is 0 Å². The molecule has 1 amide bonds. The number of nitrogens with zero attached hydrogens (tertiary/aromatic N) is 1. The van der Waals surface area contributed by atoms with E-state index < -0.39 is 41.0 Å². The van der Waals surface area contributed by atoms with E-state index in [4.69, 9.17) is 9.84 Å². The van der Waals surface area contributed by atoms with E-state index in [-0.39, 0.29) is 23.7 Å². The lowest BCUT2D eigenvalue weighted by molar-refractivity contribution is -0.131. The number of fused-ring (bicyclic) bond motifs is 1. The van der Waals surface area contributed by atoms with E-state index in [1.807, 2.05) is 6.92 Å². The Morgan fingerprint density at radius 1 is 1.14 bits per heavy atom. The molecule has 0 spiro atoms. The summed E-state index contributed by atoms with van der Waals surface area (Å²) in [6.07, 6.45) is 1.74. The zero-order valence-electron chi connectivity index (χ0n) is 21.9. The van der Waals surface area contributed by atoms with Gasteiger partial charge in [-0.15, -0.1) is 0 Å². The molecule has 6 nitrogen and oxygen atoms in total. The SMILES string of the molecule is C[C@@H]1Cc2cc(NC(=O)OC(C)(C)C)ccc2[C@@H](c2c(F)cc(/C=C/C(=O)O)cc2F)N1CC(C)(C)F. The molecular formula is C28H33F3N2O4.